The topological polar surface area (TPSA) is 44.5 Å². The molecule has 0 radical (unpaired) electrons. The van der Waals surface area contributed by atoms with Crippen LogP contribution in [0.15, 0.2) is 12.1 Å². The summed E-state index contributed by atoms with van der Waals surface area (Å²) >= 11 is 0. The molecular weight excluding hydrogens is 257 g/mol. The number of unbranched alkanes of at least 4 members (excludes halogenated alkanes) is 1. The molecule has 0 aliphatic carbocycles. The predicted molar refractivity (Wildman–Crippen MR) is 73.2 cm³/mol. The summed E-state index contributed by atoms with van der Waals surface area (Å²) in [4.78, 5) is 0. The Bertz CT molecular complexity index is 374. The van der Waals surface area contributed by atoms with Gasteiger partial charge in [-0.2, -0.15) is 0 Å². The maximum atomic E-state index is 13.8. The lowest BCUT2D eigenvalue weighted by Crippen LogP contribution is -2.12. The minimum absolute atomic E-state index is 0. The van der Waals surface area contributed by atoms with Gasteiger partial charge in [-0.25, -0.2) is 4.39 Å². The molecule has 1 rings (SSSR count). The van der Waals surface area contributed by atoms with E-state index in [1.807, 2.05) is 0 Å². The first-order valence-electron chi connectivity index (χ1n) is 5.81. The summed E-state index contributed by atoms with van der Waals surface area (Å²) in [6.45, 7) is 2.08. The number of halogens is 2. The molecule has 0 aliphatic rings. The Kier molecular flexibility index (Phi) is 7.71. The summed E-state index contributed by atoms with van der Waals surface area (Å²) in [6, 6.07) is 2.64. The van der Waals surface area contributed by atoms with Crippen molar-refractivity contribution < 1.29 is 13.9 Å². The van der Waals surface area contributed by atoms with Gasteiger partial charge < -0.3 is 15.2 Å². The lowest BCUT2D eigenvalue weighted by atomic mass is 10.0. The molecule has 1 atom stereocenters. The summed E-state index contributed by atoms with van der Waals surface area (Å²) in [7, 11) is 3.01. The van der Waals surface area contributed by atoms with E-state index < -0.39 is 0 Å². The van der Waals surface area contributed by atoms with Crippen LogP contribution < -0.4 is 15.2 Å². The first-order valence-corrected chi connectivity index (χ1v) is 5.81. The molecule has 0 unspecified atom stereocenters. The monoisotopic (exact) mass is 277 g/mol. The Morgan fingerprint density at radius 2 is 1.78 bits per heavy atom. The average Bonchev–Trinajstić information content (AvgIpc) is 2.35. The summed E-state index contributed by atoms with van der Waals surface area (Å²) < 4.78 is 24.0. The van der Waals surface area contributed by atoms with Crippen LogP contribution >= 0.6 is 12.4 Å². The third-order valence-electron chi connectivity index (χ3n) is 2.77. The Morgan fingerprint density at radius 3 is 2.28 bits per heavy atom. The first kappa shape index (κ1) is 17.0. The fourth-order valence-electron chi connectivity index (χ4n) is 1.73. The molecule has 0 spiro atoms. The van der Waals surface area contributed by atoms with Gasteiger partial charge in [-0.3, -0.25) is 0 Å². The maximum absolute atomic E-state index is 13.8. The van der Waals surface area contributed by atoms with Gasteiger partial charge in [-0.05, 0) is 12.5 Å². The highest BCUT2D eigenvalue weighted by molar-refractivity contribution is 5.85. The fourth-order valence-corrected chi connectivity index (χ4v) is 1.73. The van der Waals surface area contributed by atoms with Gasteiger partial charge in [0.1, 0.15) is 5.82 Å². The second-order valence-electron chi connectivity index (χ2n) is 3.98. The van der Waals surface area contributed by atoms with E-state index in [2.05, 4.69) is 6.92 Å². The summed E-state index contributed by atoms with van der Waals surface area (Å²) in [5.74, 6) is 0.554. The smallest absolute Gasteiger partial charge is 0.163 e. The van der Waals surface area contributed by atoms with Crippen LogP contribution in [0, 0.1) is 5.82 Å². The van der Waals surface area contributed by atoms with E-state index >= 15 is 0 Å². The highest BCUT2D eigenvalue weighted by Gasteiger charge is 2.16. The molecule has 0 heterocycles. The molecule has 2 N–H and O–H groups in total. The van der Waals surface area contributed by atoms with Crippen LogP contribution in [0.25, 0.3) is 0 Å². The Morgan fingerprint density at radius 1 is 1.22 bits per heavy atom. The van der Waals surface area contributed by atoms with Crippen LogP contribution in [0.5, 0.6) is 11.5 Å². The van der Waals surface area contributed by atoms with E-state index in [1.54, 1.807) is 6.07 Å². The number of nitrogens with two attached hydrogens (primary N) is 1. The minimum atomic E-state index is -0.341. The normalized spacial score (nSPS) is 11.6. The predicted octanol–water partition coefficient (Wildman–Crippen LogP) is 3.45. The number of ether oxygens (including phenoxy) is 2. The van der Waals surface area contributed by atoms with Crippen molar-refractivity contribution in [3.8, 4) is 11.5 Å². The lowest BCUT2D eigenvalue weighted by Gasteiger charge is -2.15. The van der Waals surface area contributed by atoms with Gasteiger partial charge in [0.2, 0.25) is 0 Å². The van der Waals surface area contributed by atoms with Crippen molar-refractivity contribution in [2.75, 3.05) is 14.2 Å². The standard InChI is InChI=1S/C13H20FNO2.ClH/c1-4-5-6-11(15)9-7-12(16-2)13(17-3)8-10(9)14;/h7-8,11H,4-6,15H2,1-3H3;1H/t11-;/m1./s1. The number of benzene rings is 1. The van der Waals surface area contributed by atoms with Crippen molar-refractivity contribution in [3.05, 3.63) is 23.5 Å². The van der Waals surface area contributed by atoms with Gasteiger partial charge >= 0.3 is 0 Å². The summed E-state index contributed by atoms with van der Waals surface area (Å²) in [5, 5.41) is 0. The zero-order chi connectivity index (χ0) is 12.8. The van der Waals surface area contributed by atoms with E-state index in [-0.39, 0.29) is 24.3 Å². The number of rotatable bonds is 6. The molecular formula is C13H21ClFNO2. The average molecular weight is 278 g/mol. The lowest BCUT2D eigenvalue weighted by molar-refractivity contribution is 0.350. The molecule has 0 aliphatic heterocycles. The first-order chi connectivity index (χ1) is 8.13. The molecule has 0 amide bonds. The molecule has 1 aromatic carbocycles. The van der Waals surface area contributed by atoms with Crippen LogP contribution in [0.2, 0.25) is 0 Å². The number of hydrogen-bond donors (Lipinski definition) is 1. The molecule has 104 valence electrons. The molecule has 0 aromatic heterocycles. The van der Waals surface area contributed by atoms with Crippen LogP contribution in [0.4, 0.5) is 4.39 Å². The summed E-state index contributed by atoms with van der Waals surface area (Å²) in [6.07, 6.45) is 2.79. The fraction of sp³-hybridized carbons (Fsp3) is 0.538. The van der Waals surface area contributed by atoms with Crippen molar-refractivity contribution in [3.63, 3.8) is 0 Å². The second-order valence-corrected chi connectivity index (χ2v) is 3.98. The van der Waals surface area contributed by atoms with E-state index in [0.29, 0.717) is 17.1 Å². The van der Waals surface area contributed by atoms with Crippen LogP contribution in [0.3, 0.4) is 0 Å². The molecule has 1 aromatic rings. The molecule has 18 heavy (non-hydrogen) atoms. The SMILES string of the molecule is CCCC[C@@H](N)c1cc(OC)c(OC)cc1F.Cl. The second kappa shape index (κ2) is 8.16. The highest BCUT2D eigenvalue weighted by atomic mass is 35.5. The molecule has 5 heteroatoms. The molecule has 0 saturated carbocycles. The summed E-state index contributed by atoms with van der Waals surface area (Å²) in [5.41, 5.74) is 6.44. The molecule has 0 saturated heterocycles. The number of methoxy groups -OCH3 is 2. The third kappa shape index (κ3) is 4.03. The van der Waals surface area contributed by atoms with Gasteiger partial charge in [0, 0.05) is 17.7 Å². The van der Waals surface area contributed by atoms with Gasteiger partial charge in [0.05, 0.1) is 14.2 Å². The maximum Gasteiger partial charge on any atom is 0.163 e. The molecule has 0 fully saturated rings. The van der Waals surface area contributed by atoms with E-state index in [1.165, 1.54) is 20.3 Å². The van der Waals surface area contributed by atoms with Crippen LogP contribution in [-0.2, 0) is 0 Å². The van der Waals surface area contributed by atoms with Crippen molar-refractivity contribution in [2.45, 2.75) is 32.2 Å². The highest BCUT2D eigenvalue weighted by Crippen LogP contribution is 2.32. The van der Waals surface area contributed by atoms with E-state index in [4.69, 9.17) is 15.2 Å². The largest absolute Gasteiger partial charge is 0.493 e. The van der Waals surface area contributed by atoms with Crippen LogP contribution in [0.1, 0.15) is 37.8 Å². The third-order valence-corrected chi connectivity index (χ3v) is 2.77. The Balaban J connectivity index is 0.00000289. The zero-order valence-corrected chi connectivity index (χ0v) is 11.8. The van der Waals surface area contributed by atoms with Gasteiger partial charge in [-0.15, -0.1) is 12.4 Å². The van der Waals surface area contributed by atoms with Gasteiger partial charge in [-0.1, -0.05) is 19.8 Å². The van der Waals surface area contributed by atoms with Crippen molar-refractivity contribution in [1.82, 2.24) is 0 Å². The van der Waals surface area contributed by atoms with E-state index in [0.717, 1.165) is 19.3 Å². The minimum Gasteiger partial charge on any atom is -0.493 e. The zero-order valence-electron chi connectivity index (χ0n) is 11.0. The Labute approximate surface area is 114 Å². The van der Waals surface area contributed by atoms with Crippen LogP contribution in [-0.4, -0.2) is 14.2 Å². The quantitative estimate of drug-likeness (QED) is 0.866. The Hall–Kier alpha value is -1.00. The number of hydrogen-bond acceptors (Lipinski definition) is 3. The van der Waals surface area contributed by atoms with Crippen molar-refractivity contribution in [2.24, 2.45) is 5.73 Å². The van der Waals surface area contributed by atoms with E-state index in [9.17, 15) is 4.39 Å². The van der Waals surface area contributed by atoms with Crippen molar-refractivity contribution in [1.29, 1.82) is 0 Å². The van der Waals surface area contributed by atoms with Gasteiger partial charge in [0.15, 0.2) is 11.5 Å². The molecule has 0 bridgehead atoms. The molecule has 3 nitrogen and oxygen atoms in total. The van der Waals surface area contributed by atoms with Gasteiger partial charge in [0.25, 0.3) is 0 Å². The van der Waals surface area contributed by atoms with Crippen molar-refractivity contribution >= 4 is 12.4 Å².